The van der Waals surface area contributed by atoms with Gasteiger partial charge in [0.15, 0.2) is 18.1 Å². The molecule has 0 spiro atoms. The van der Waals surface area contributed by atoms with Gasteiger partial charge < -0.3 is 19.5 Å². The second-order valence-electron chi connectivity index (χ2n) is 7.93. The fourth-order valence-corrected chi connectivity index (χ4v) is 3.45. The largest absolute Gasteiger partial charge is 0.493 e. The predicted octanol–water partition coefficient (Wildman–Crippen LogP) is 4.52. The Kier molecular flexibility index (Phi) is 10.3. The lowest BCUT2D eigenvalue weighted by atomic mass is 9.87. The minimum atomic E-state index is -0.397. The van der Waals surface area contributed by atoms with Crippen molar-refractivity contribution in [1.82, 2.24) is 5.32 Å². The van der Waals surface area contributed by atoms with E-state index >= 15 is 0 Å². The fraction of sp³-hybridized carbons (Fsp3) is 0.583. The van der Waals surface area contributed by atoms with Gasteiger partial charge in [0.25, 0.3) is 0 Å². The number of amides is 1. The zero-order chi connectivity index (χ0) is 21.8. The topological polar surface area (TPSA) is 73.9 Å². The molecule has 166 valence electrons. The number of carbonyl (C=O) groups is 2. The summed E-state index contributed by atoms with van der Waals surface area (Å²) in [4.78, 5) is 23.9. The molecule has 30 heavy (non-hydrogen) atoms. The molecule has 0 aliphatic heterocycles. The number of hydrogen-bond donors (Lipinski definition) is 1. The van der Waals surface area contributed by atoms with E-state index in [9.17, 15) is 9.59 Å². The number of methoxy groups -OCH3 is 1. The van der Waals surface area contributed by atoms with Gasteiger partial charge in [-0.25, -0.2) is 4.79 Å². The number of hydrogen-bond acceptors (Lipinski definition) is 5. The third-order valence-electron chi connectivity index (χ3n) is 5.33. The Morgan fingerprint density at radius 2 is 1.90 bits per heavy atom. The molecule has 0 bridgehead atoms. The molecule has 1 aromatic carbocycles. The van der Waals surface area contributed by atoms with Gasteiger partial charge in [-0.05, 0) is 61.8 Å². The molecular weight excluding hydrogens is 382 g/mol. The summed E-state index contributed by atoms with van der Waals surface area (Å²) >= 11 is 0. The standard InChI is InChI=1S/C24H35NO5/c1-4-5-6-15-29-24(27)17-30-21-13-9-19(16-22(21)28-3)10-14-23(26)25-20-11-7-18(2)8-12-20/h9-10,13-14,16,18,20H,4-8,11-12,15,17H2,1-3H3,(H,25,26)/t18-,20-. The Labute approximate surface area is 180 Å². The van der Waals surface area contributed by atoms with Crippen LogP contribution in [0.3, 0.4) is 0 Å². The number of unbranched alkanes of at least 4 members (excludes halogenated alkanes) is 2. The predicted molar refractivity (Wildman–Crippen MR) is 118 cm³/mol. The van der Waals surface area contributed by atoms with Gasteiger partial charge in [-0.3, -0.25) is 4.79 Å². The van der Waals surface area contributed by atoms with E-state index in [-0.39, 0.29) is 18.6 Å². The maximum Gasteiger partial charge on any atom is 0.344 e. The normalized spacial score (nSPS) is 18.8. The van der Waals surface area contributed by atoms with E-state index in [1.54, 1.807) is 24.3 Å². The zero-order valence-corrected chi connectivity index (χ0v) is 18.4. The van der Waals surface area contributed by atoms with Crippen LogP contribution in [0.15, 0.2) is 24.3 Å². The van der Waals surface area contributed by atoms with Crippen LogP contribution in [0.25, 0.3) is 6.08 Å². The third-order valence-corrected chi connectivity index (χ3v) is 5.33. The van der Waals surface area contributed by atoms with Gasteiger partial charge in [0, 0.05) is 12.1 Å². The highest BCUT2D eigenvalue weighted by Gasteiger charge is 2.18. The molecule has 6 heteroatoms. The molecule has 1 N–H and O–H groups in total. The average molecular weight is 418 g/mol. The van der Waals surface area contributed by atoms with Crippen LogP contribution in [-0.4, -0.2) is 38.2 Å². The van der Waals surface area contributed by atoms with Crippen molar-refractivity contribution in [2.24, 2.45) is 5.92 Å². The minimum Gasteiger partial charge on any atom is -0.493 e. The van der Waals surface area contributed by atoms with Crippen LogP contribution in [0, 0.1) is 5.92 Å². The Morgan fingerprint density at radius 3 is 2.60 bits per heavy atom. The van der Waals surface area contributed by atoms with Crippen molar-refractivity contribution >= 4 is 18.0 Å². The van der Waals surface area contributed by atoms with Crippen molar-refractivity contribution in [2.75, 3.05) is 20.3 Å². The first-order chi connectivity index (χ1) is 14.5. The van der Waals surface area contributed by atoms with E-state index in [4.69, 9.17) is 14.2 Å². The van der Waals surface area contributed by atoms with Gasteiger partial charge in [0.1, 0.15) is 0 Å². The summed E-state index contributed by atoms with van der Waals surface area (Å²) in [6.45, 7) is 4.60. The molecule has 0 heterocycles. The van der Waals surface area contributed by atoms with Gasteiger partial charge in [0.05, 0.1) is 13.7 Å². The van der Waals surface area contributed by atoms with Crippen LogP contribution in [0.5, 0.6) is 11.5 Å². The minimum absolute atomic E-state index is 0.0836. The van der Waals surface area contributed by atoms with Crippen molar-refractivity contribution in [3.05, 3.63) is 29.8 Å². The number of rotatable bonds is 11. The van der Waals surface area contributed by atoms with E-state index in [1.165, 1.54) is 20.0 Å². The monoisotopic (exact) mass is 417 g/mol. The maximum atomic E-state index is 12.2. The smallest absolute Gasteiger partial charge is 0.344 e. The van der Waals surface area contributed by atoms with Crippen molar-refractivity contribution in [3.8, 4) is 11.5 Å². The molecule has 0 radical (unpaired) electrons. The van der Waals surface area contributed by atoms with Crippen LogP contribution in [0.4, 0.5) is 0 Å². The van der Waals surface area contributed by atoms with Gasteiger partial charge in [-0.15, -0.1) is 0 Å². The lowest BCUT2D eigenvalue weighted by Gasteiger charge is -2.26. The summed E-state index contributed by atoms with van der Waals surface area (Å²) in [5, 5.41) is 3.07. The molecule has 2 rings (SSSR count). The number of esters is 1. The van der Waals surface area contributed by atoms with Crippen molar-refractivity contribution < 1.29 is 23.8 Å². The highest BCUT2D eigenvalue weighted by atomic mass is 16.6. The molecule has 1 aliphatic carbocycles. The van der Waals surface area contributed by atoms with E-state index < -0.39 is 5.97 Å². The highest BCUT2D eigenvalue weighted by Crippen LogP contribution is 2.28. The number of nitrogens with one attached hydrogen (secondary N) is 1. The van der Waals surface area contributed by atoms with Gasteiger partial charge in [-0.2, -0.15) is 0 Å². The summed E-state index contributed by atoms with van der Waals surface area (Å²) < 4.78 is 16.0. The second-order valence-corrected chi connectivity index (χ2v) is 7.93. The molecule has 0 aromatic heterocycles. The first kappa shape index (κ1) is 23.8. The maximum absolute atomic E-state index is 12.2. The van der Waals surface area contributed by atoms with E-state index in [0.29, 0.717) is 18.1 Å². The molecule has 1 saturated carbocycles. The molecule has 0 saturated heterocycles. The molecule has 0 atom stereocenters. The molecular formula is C24H35NO5. The number of ether oxygens (including phenoxy) is 3. The molecule has 1 aliphatic rings. The lowest BCUT2D eigenvalue weighted by Crippen LogP contribution is -2.36. The Balaban J connectivity index is 1.83. The summed E-state index contributed by atoms with van der Waals surface area (Å²) in [6, 6.07) is 5.58. The van der Waals surface area contributed by atoms with Crippen molar-refractivity contribution in [2.45, 2.75) is 64.8 Å². The zero-order valence-electron chi connectivity index (χ0n) is 18.4. The fourth-order valence-electron chi connectivity index (χ4n) is 3.45. The summed E-state index contributed by atoms with van der Waals surface area (Å²) in [5.41, 5.74) is 0.814. The summed E-state index contributed by atoms with van der Waals surface area (Å²) in [5.74, 6) is 1.23. The number of benzene rings is 1. The quantitative estimate of drug-likeness (QED) is 0.326. The number of carbonyl (C=O) groups excluding carboxylic acids is 2. The Morgan fingerprint density at radius 1 is 1.13 bits per heavy atom. The molecule has 0 unspecified atom stereocenters. The molecule has 1 amide bonds. The van der Waals surface area contributed by atoms with E-state index in [0.717, 1.165) is 43.6 Å². The molecule has 1 aromatic rings. The van der Waals surface area contributed by atoms with Crippen LogP contribution in [-0.2, 0) is 14.3 Å². The Bertz CT molecular complexity index is 708. The molecule has 1 fully saturated rings. The van der Waals surface area contributed by atoms with Crippen molar-refractivity contribution in [1.29, 1.82) is 0 Å². The summed E-state index contributed by atoms with van der Waals surface area (Å²) in [6.07, 6.45) is 10.7. The van der Waals surface area contributed by atoms with Crippen LogP contribution < -0.4 is 14.8 Å². The highest BCUT2D eigenvalue weighted by molar-refractivity contribution is 5.92. The SMILES string of the molecule is CCCCCOC(=O)COc1ccc(C=CC(=O)N[C@H]2CC[C@H](C)CC2)cc1OC. The van der Waals surface area contributed by atoms with E-state index in [1.807, 2.05) is 6.07 Å². The van der Waals surface area contributed by atoms with Crippen LogP contribution >= 0.6 is 0 Å². The van der Waals surface area contributed by atoms with Gasteiger partial charge in [-0.1, -0.05) is 32.8 Å². The van der Waals surface area contributed by atoms with Crippen LogP contribution in [0.2, 0.25) is 0 Å². The first-order valence-corrected chi connectivity index (χ1v) is 11.0. The second kappa shape index (κ2) is 12.9. The van der Waals surface area contributed by atoms with Crippen LogP contribution in [0.1, 0.15) is 64.4 Å². The first-order valence-electron chi connectivity index (χ1n) is 11.0. The Hall–Kier alpha value is -2.50. The molecule has 6 nitrogen and oxygen atoms in total. The van der Waals surface area contributed by atoms with Gasteiger partial charge in [0.2, 0.25) is 5.91 Å². The summed E-state index contributed by atoms with van der Waals surface area (Å²) in [7, 11) is 1.54. The average Bonchev–Trinajstić information content (AvgIpc) is 2.75. The van der Waals surface area contributed by atoms with Crippen molar-refractivity contribution in [3.63, 3.8) is 0 Å². The lowest BCUT2D eigenvalue weighted by molar-refractivity contribution is -0.146. The third kappa shape index (κ3) is 8.47. The van der Waals surface area contributed by atoms with E-state index in [2.05, 4.69) is 19.2 Å². The van der Waals surface area contributed by atoms with Gasteiger partial charge >= 0.3 is 5.97 Å².